The van der Waals surface area contributed by atoms with E-state index in [1.54, 1.807) is 12.1 Å². The lowest BCUT2D eigenvalue weighted by Crippen LogP contribution is -2.40. The predicted octanol–water partition coefficient (Wildman–Crippen LogP) is 3.29. The summed E-state index contributed by atoms with van der Waals surface area (Å²) in [6, 6.07) is 5.96. The molecule has 0 aromatic heterocycles. The van der Waals surface area contributed by atoms with Crippen LogP contribution in [0.5, 0.6) is 0 Å². The third-order valence-electron chi connectivity index (χ3n) is 3.62. The van der Waals surface area contributed by atoms with E-state index >= 15 is 0 Å². The molecule has 0 radical (unpaired) electrons. The lowest BCUT2D eigenvalue weighted by molar-refractivity contribution is 0.134. The van der Waals surface area contributed by atoms with Crippen molar-refractivity contribution in [2.24, 2.45) is 5.73 Å². The fraction of sp³-hybridized carbons (Fsp3) is 0.571. The molecule has 1 atom stereocenters. The van der Waals surface area contributed by atoms with E-state index in [1.807, 2.05) is 6.07 Å². The Morgan fingerprint density at radius 3 is 2.94 bits per heavy atom. The van der Waals surface area contributed by atoms with Crippen molar-refractivity contribution >= 4 is 15.9 Å². The van der Waals surface area contributed by atoms with Crippen LogP contribution < -0.4 is 5.73 Å². The van der Waals surface area contributed by atoms with E-state index in [1.165, 1.54) is 19.3 Å². The van der Waals surface area contributed by atoms with Crippen molar-refractivity contribution in [1.82, 2.24) is 4.90 Å². The second kappa shape index (κ2) is 6.64. The molecule has 1 aromatic carbocycles. The minimum Gasteiger partial charge on any atom is -0.330 e. The smallest absolute Gasteiger partial charge is 0.137 e. The van der Waals surface area contributed by atoms with Crippen LogP contribution in [0.3, 0.4) is 0 Å². The van der Waals surface area contributed by atoms with Crippen LogP contribution in [0.2, 0.25) is 0 Å². The van der Waals surface area contributed by atoms with Crippen molar-refractivity contribution in [2.45, 2.75) is 38.3 Å². The van der Waals surface area contributed by atoms with E-state index in [9.17, 15) is 4.39 Å². The Morgan fingerprint density at radius 2 is 2.22 bits per heavy atom. The fourth-order valence-electron chi connectivity index (χ4n) is 2.66. The minimum absolute atomic E-state index is 0.181. The summed E-state index contributed by atoms with van der Waals surface area (Å²) in [5.41, 5.74) is 6.71. The first-order chi connectivity index (χ1) is 8.70. The number of nitrogens with zero attached hydrogens (tertiary/aromatic N) is 1. The van der Waals surface area contributed by atoms with Gasteiger partial charge in [0.2, 0.25) is 0 Å². The SMILES string of the molecule is NCCC1CCCCN1Cc1ccc(Br)c(F)c1. The van der Waals surface area contributed by atoms with Gasteiger partial charge in [-0.25, -0.2) is 4.39 Å². The van der Waals surface area contributed by atoms with Crippen molar-refractivity contribution in [3.63, 3.8) is 0 Å². The first kappa shape index (κ1) is 14.0. The highest BCUT2D eigenvalue weighted by Crippen LogP contribution is 2.23. The molecule has 1 saturated heterocycles. The van der Waals surface area contributed by atoms with Gasteiger partial charge in [0, 0.05) is 12.6 Å². The van der Waals surface area contributed by atoms with Gasteiger partial charge in [-0.3, -0.25) is 4.90 Å². The van der Waals surface area contributed by atoms with E-state index in [4.69, 9.17) is 5.73 Å². The number of piperidine rings is 1. The van der Waals surface area contributed by atoms with Gasteiger partial charge in [0.1, 0.15) is 5.82 Å². The molecule has 0 aliphatic carbocycles. The Kier molecular flexibility index (Phi) is 5.15. The van der Waals surface area contributed by atoms with Crippen LogP contribution in [-0.4, -0.2) is 24.0 Å². The lowest BCUT2D eigenvalue weighted by atomic mass is 9.98. The molecule has 100 valence electrons. The van der Waals surface area contributed by atoms with Gasteiger partial charge < -0.3 is 5.73 Å². The molecular weight excluding hydrogens is 295 g/mol. The monoisotopic (exact) mass is 314 g/mol. The Hall–Kier alpha value is -0.450. The molecule has 1 unspecified atom stereocenters. The summed E-state index contributed by atoms with van der Waals surface area (Å²) in [5.74, 6) is -0.181. The number of halogens is 2. The molecule has 2 nitrogen and oxygen atoms in total. The highest BCUT2D eigenvalue weighted by Gasteiger charge is 2.21. The number of likely N-dealkylation sites (tertiary alicyclic amines) is 1. The van der Waals surface area contributed by atoms with Crippen LogP contribution in [0.4, 0.5) is 4.39 Å². The lowest BCUT2D eigenvalue weighted by Gasteiger charge is -2.35. The summed E-state index contributed by atoms with van der Waals surface area (Å²) >= 11 is 3.19. The average Bonchev–Trinajstić information content (AvgIpc) is 2.37. The van der Waals surface area contributed by atoms with E-state index in [-0.39, 0.29) is 5.82 Å². The van der Waals surface area contributed by atoms with Crippen LogP contribution in [0, 0.1) is 5.82 Å². The molecule has 1 aliphatic rings. The van der Waals surface area contributed by atoms with E-state index in [0.29, 0.717) is 10.5 Å². The second-order valence-electron chi connectivity index (χ2n) is 4.95. The summed E-state index contributed by atoms with van der Waals surface area (Å²) in [4.78, 5) is 2.44. The summed E-state index contributed by atoms with van der Waals surface area (Å²) in [6.07, 6.45) is 4.78. The molecule has 1 heterocycles. The van der Waals surface area contributed by atoms with Crippen LogP contribution >= 0.6 is 15.9 Å². The number of hydrogen-bond acceptors (Lipinski definition) is 2. The highest BCUT2D eigenvalue weighted by molar-refractivity contribution is 9.10. The summed E-state index contributed by atoms with van der Waals surface area (Å²) in [5, 5.41) is 0. The molecular formula is C14H20BrFN2. The van der Waals surface area contributed by atoms with Crippen molar-refractivity contribution in [2.75, 3.05) is 13.1 Å². The van der Waals surface area contributed by atoms with E-state index < -0.39 is 0 Å². The van der Waals surface area contributed by atoms with Crippen LogP contribution in [-0.2, 0) is 6.54 Å². The molecule has 0 amide bonds. The van der Waals surface area contributed by atoms with Crippen molar-refractivity contribution in [3.05, 3.63) is 34.1 Å². The molecule has 2 rings (SSSR count). The molecule has 1 aliphatic heterocycles. The van der Waals surface area contributed by atoms with Gasteiger partial charge in [0.25, 0.3) is 0 Å². The van der Waals surface area contributed by atoms with Crippen molar-refractivity contribution in [1.29, 1.82) is 0 Å². The maximum Gasteiger partial charge on any atom is 0.137 e. The maximum atomic E-state index is 13.5. The number of hydrogen-bond donors (Lipinski definition) is 1. The molecule has 0 saturated carbocycles. The first-order valence-electron chi connectivity index (χ1n) is 6.58. The number of nitrogens with two attached hydrogens (primary N) is 1. The quantitative estimate of drug-likeness (QED) is 0.924. The third kappa shape index (κ3) is 3.53. The molecule has 2 N–H and O–H groups in total. The highest BCUT2D eigenvalue weighted by atomic mass is 79.9. The Morgan fingerprint density at radius 1 is 1.39 bits per heavy atom. The standard InChI is InChI=1S/C14H20BrFN2/c15-13-5-4-11(9-14(13)16)10-18-8-2-1-3-12(18)6-7-17/h4-5,9,12H,1-3,6-8,10,17H2. The normalized spacial score (nSPS) is 21.2. The van der Waals surface area contributed by atoms with Gasteiger partial charge >= 0.3 is 0 Å². The second-order valence-corrected chi connectivity index (χ2v) is 5.80. The molecule has 0 spiro atoms. The number of benzene rings is 1. The molecule has 1 aromatic rings. The topological polar surface area (TPSA) is 29.3 Å². The predicted molar refractivity (Wildman–Crippen MR) is 75.8 cm³/mol. The Bertz CT molecular complexity index is 395. The first-order valence-corrected chi connectivity index (χ1v) is 7.38. The van der Waals surface area contributed by atoms with Crippen LogP contribution in [0.1, 0.15) is 31.2 Å². The van der Waals surface area contributed by atoms with E-state index in [2.05, 4.69) is 20.8 Å². The molecule has 0 bridgehead atoms. The van der Waals surface area contributed by atoms with E-state index in [0.717, 1.165) is 31.6 Å². The average molecular weight is 315 g/mol. The zero-order chi connectivity index (χ0) is 13.0. The zero-order valence-corrected chi connectivity index (χ0v) is 12.1. The number of rotatable bonds is 4. The summed E-state index contributed by atoms with van der Waals surface area (Å²) < 4.78 is 14.0. The Balaban J connectivity index is 2.03. The third-order valence-corrected chi connectivity index (χ3v) is 4.26. The van der Waals surface area contributed by atoms with Gasteiger partial charge in [-0.2, -0.15) is 0 Å². The van der Waals surface area contributed by atoms with Gasteiger partial charge in [-0.05, 0) is 66.0 Å². The van der Waals surface area contributed by atoms with Crippen molar-refractivity contribution in [3.8, 4) is 0 Å². The molecule has 4 heteroatoms. The van der Waals surface area contributed by atoms with Crippen molar-refractivity contribution < 1.29 is 4.39 Å². The largest absolute Gasteiger partial charge is 0.330 e. The van der Waals surface area contributed by atoms with Gasteiger partial charge in [0.05, 0.1) is 4.47 Å². The molecule has 18 heavy (non-hydrogen) atoms. The zero-order valence-electron chi connectivity index (χ0n) is 10.5. The maximum absolute atomic E-state index is 13.5. The van der Waals surface area contributed by atoms with Crippen LogP contribution in [0.15, 0.2) is 22.7 Å². The molecule has 1 fully saturated rings. The Labute approximate surface area is 116 Å². The fourth-order valence-corrected chi connectivity index (χ4v) is 2.91. The minimum atomic E-state index is -0.181. The van der Waals surface area contributed by atoms with Gasteiger partial charge in [0.15, 0.2) is 0 Å². The summed E-state index contributed by atoms with van der Waals surface area (Å²) in [7, 11) is 0. The van der Waals surface area contributed by atoms with Gasteiger partial charge in [-0.15, -0.1) is 0 Å². The summed E-state index contributed by atoms with van der Waals surface area (Å²) in [6.45, 7) is 2.66. The van der Waals surface area contributed by atoms with Crippen LogP contribution in [0.25, 0.3) is 0 Å². The van der Waals surface area contributed by atoms with Gasteiger partial charge in [-0.1, -0.05) is 12.5 Å².